The summed E-state index contributed by atoms with van der Waals surface area (Å²) in [7, 11) is 1.84. The van der Waals surface area contributed by atoms with Crippen molar-refractivity contribution in [2.24, 2.45) is 5.92 Å². The van der Waals surface area contributed by atoms with Gasteiger partial charge in [0.05, 0.1) is 0 Å². The standard InChI is InChI=1S/C14H17NO2/c1-9-11-8-13(16)15(3)14(9,2)17-12-7-5-4-6-10(11)12/h4-7,9,11H,8H2,1-3H3/t9-,11+,14+/m0/s1. The quantitative estimate of drug-likeness (QED) is 0.686. The summed E-state index contributed by atoms with van der Waals surface area (Å²) in [6.45, 7) is 4.18. The van der Waals surface area contributed by atoms with E-state index in [1.54, 1.807) is 4.90 Å². The van der Waals surface area contributed by atoms with Crippen LogP contribution in [0.25, 0.3) is 0 Å². The second kappa shape index (κ2) is 3.25. The lowest BCUT2D eigenvalue weighted by Crippen LogP contribution is -2.62. The summed E-state index contributed by atoms with van der Waals surface area (Å²) >= 11 is 0. The van der Waals surface area contributed by atoms with Crippen LogP contribution in [-0.2, 0) is 4.79 Å². The Balaban J connectivity index is 2.17. The predicted octanol–water partition coefficient (Wildman–Crippen LogP) is 2.38. The molecule has 2 heterocycles. The average Bonchev–Trinajstić information content (AvgIpc) is 2.32. The Bertz CT molecular complexity index is 485. The van der Waals surface area contributed by atoms with Crippen molar-refractivity contribution >= 4 is 5.91 Å². The Morgan fingerprint density at radius 1 is 1.41 bits per heavy atom. The monoisotopic (exact) mass is 231 g/mol. The minimum absolute atomic E-state index is 0.171. The summed E-state index contributed by atoms with van der Waals surface area (Å²) in [5, 5.41) is 0. The molecule has 0 saturated carbocycles. The molecule has 0 aromatic heterocycles. The van der Waals surface area contributed by atoms with Crippen molar-refractivity contribution in [3.8, 4) is 5.75 Å². The fourth-order valence-corrected chi connectivity index (χ4v) is 3.07. The van der Waals surface area contributed by atoms with Crippen molar-refractivity contribution in [1.29, 1.82) is 0 Å². The Morgan fingerprint density at radius 3 is 2.88 bits per heavy atom. The molecule has 2 aliphatic rings. The van der Waals surface area contributed by atoms with Gasteiger partial charge in [-0.1, -0.05) is 25.1 Å². The third-order valence-corrected chi connectivity index (χ3v) is 4.52. The molecular formula is C14H17NO2. The van der Waals surface area contributed by atoms with Gasteiger partial charge in [-0.05, 0) is 18.6 Å². The van der Waals surface area contributed by atoms with E-state index in [1.165, 1.54) is 5.56 Å². The molecule has 90 valence electrons. The lowest BCUT2D eigenvalue weighted by Gasteiger charge is -2.53. The fourth-order valence-electron chi connectivity index (χ4n) is 3.07. The highest BCUT2D eigenvalue weighted by atomic mass is 16.5. The highest BCUT2D eigenvalue weighted by Gasteiger charge is 2.52. The first-order valence-electron chi connectivity index (χ1n) is 6.08. The van der Waals surface area contributed by atoms with Crippen LogP contribution in [0.1, 0.15) is 31.7 Å². The fraction of sp³-hybridized carbons (Fsp3) is 0.500. The molecule has 2 bridgehead atoms. The third kappa shape index (κ3) is 1.25. The number of hydrogen-bond acceptors (Lipinski definition) is 2. The van der Waals surface area contributed by atoms with Crippen LogP contribution in [0.3, 0.4) is 0 Å². The molecule has 0 unspecified atom stereocenters. The van der Waals surface area contributed by atoms with Crippen LogP contribution in [0.4, 0.5) is 0 Å². The van der Waals surface area contributed by atoms with Crippen LogP contribution >= 0.6 is 0 Å². The van der Waals surface area contributed by atoms with Crippen molar-refractivity contribution in [2.75, 3.05) is 7.05 Å². The zero-order chi connectivity index (χ0) is 12.2. The van der Waals surface area contributed by atoms with E-state index in [4.69, 9.17) is 4.74 Å². The molecule has 1 aromatic carbocycles. The Morgan fingerprint density at radius 2 is 2.12 bits per heavy atom. The van der Waals surface area contributed by atoms with Gasteiger partial charge in [0.1, 0.15) is 5.75 Å². The molecule has 0 N–H and O–H groups in total. The SMILES string of the molecule is C[C@H]1[C@H]2CC(=O)N(C)[C@]1(C)Oc1ccccc12. The van der Waals surface area contributed by atoms with Gasteiger partial charge in [0.2, 0.25) is 5.91 Å². The van der Waals surface area contributed by atoms with Crippen molar-refractivity contribution in [1.82, 2.24) is 4.90 Å². The van der Waals surface area contributed by atoms with E-state index in [2.05, 4.69) is 13.0 Å². The highest BCUT2D eigenvalue weighted by Crippen LogP contribution is 2.50. The van der Waals surface area contributed by atoms with E-state index in [1.807, 2.05) is 32.2 Å². The molecule has 0 radical (unpaired) electrons. The van der Waals surface area contributed by atoms with Gasteiger partial charge in [0.15, 0.2) is 5.72 Å². The minimum atomic E-state index is -0.506. The van der Waals surface area contributed by atoms with Gasteiger partial charge in [0.25, 0.3) is 0 Å². The number of carbonyl (C=O) groups excluding carboxylic acids is 1. The summed E-state index contributed by atoms with van der Waals surface area (Å²) in [5.41, 5.74) is 0.674. The second-order valence-corrected chi connectivity index (χ2v) is 5.25. The van der Waals surface area contributed by atoms with Crippen LogP contribution in [0.2, 0.25) is 0 Å². The number of amides is 1. The number of fused-ring (bicyclic) bond motifs is 4. The summed E-state index contributed by atoms with van der Waals surface area (Å²) in [4.78, 5) is 13.8. The highest BCUT2D eigenvalue weighted by molar-refractivity contribution is 5.79. The van der Waals surface area contributed by atoms with E-state index in [0.29, 0.717) is 12.3 Å². The Hall–Kier alpha value is -1.51. The normalized spacial score (nSPS) is 35.2. The smallest absolute Gasteiger partial charge is 0.225 e. The van der Waals surface area contributed by atoms with Crippen molar-refractivity contribution < 1.29 is 9.53 Å². The number of carbonyl (C=O) groups is 1. The van der Waals surface area contributed by atoms with Crippen LogP contribution in [0.15, 0.2) is 24.3 Å². The zero-order valence-corrected chi connectivity index (χ0v) is 10.4. The van der Waals surface area contributed by atoms with E-state index >= 15 is 0 Å². The van der Waals surface area contributed by atoms with Gasteiger partial charge >= 0.3 is 0 Å². The van der Waals surface area contributed by atoms with E-state index < -0.39 is 5.72 Å². The van der Waals surface area contributed by atoms with Crippen LogP contribution < -0.4 is 4.74 Å². The molecule has 3 heteroatoms. The van der Waals surface area contributed by atoms with Gasteiger partial charge in [0, 0.05) is 25.3 Å². The van der Waals surface area contributed by atoms with Gasteiger partial charge < -0.3 is 9.64 Å². The van der Waals surface area contributed by atoms with Gasteiger partial charge in [-0.25, -0.2) is 0 Å². The van der Waals surface area contributed by atoms with Gasteiger partial charge in [-0.15, -0.1) is 0 Å². The molecular weight excluding hydrogens is 214 g/mol. The number of piperidine rings is 1. The number of hydrogen-bond donors (Lipinski definition) is 0. The number of benzene rings is 1. The van der Waals surface area contributed by atoms with Crippen molar-refractivity contribution in [3.63, 3.8) is 0 Å². The third-order valence-electron chi connectivity index (χ3n) is 4.52. The molecule has 2 aliphatic heterocycles. The molecule has 0 spiro atoms. The van der Waals surface area contributed by atoms with E-state index in [9.17, 15) is 4.79 Å². The topological polar surface area (TPSA) is 29.5 Å². The Labute approximate surface area is 101 Å². The molecule has 3 atom stereocenters. The first kappa shape index (κ1) is 10.6. The Kier molecular flexibility index (Phi) is 2.03. The first-order chi connectivity index (χ1) is 8.04. The lowest BCUT2D eigenvalue weighted by molar-refractivity contribution is -0.173. The molecule has 1 aromatic rings. The maximum Gasteiger partial charge on any atom is 0.225 e. The van der Waals surface area contributed by atoms with Crippen LogP contribution in [-0.4, -0.2) is 23.6 Å². The number of ether oxygens (including phenoxy) is 1. The number of likely N-dealkylation sites (tertiary alicyclic amines) is 1. The predicted molar refractivity (Wildman–Crippen MR) is 64.8 cm³/mol. The summed E-state index contributed by atoms with van der Waals surface area (Å²) in [6.07, 6.45) is 0.591. The first-order valence-corrected chi connectivity index (χ1v) is 6.08. The van der Waals surface area contributed by atoms with E-state index in [-0.39, 0.29) is 11.8 Å². The largest absolute Gasteiger partial charge is 0.468 e. The minimum Gasteiger partial charge on any atom is -0.468 e. The molecule has 17 heavy (non-hydrogen) atoms. The van der Waals surface area contributed by atoms with Crippen molar-refractivity contribution in [2.45, 2.75) is 31.9 Å². The molecule has 1 fully saturated rings. The molecule has 1 saturated heterocycles. The lowest BCUT2D eigenvalue weighted by atomic mass is 9.73. The zero-order valence-electron chi connectivity index (χ0n) is 10.4. The van der Waals surface area contributed by atoms with Crippen molar-refractivity contribution in [3.05, 3.63) is 29.8 Å². The molecule has 3 rings (SSSR count). The summed E-state index contributed by atoms with van der Waals surface area (Å²) in [6, 6.07) is 8.07. The molecule has 0 aliphatic carbocycles. The molecule has 3 nitrogen and oxygen atoms in total. The summed E-state index contributed by atoms with van der Waals surface area (Å²) in [5.74, 6) is 1.70. The summed E-state index contributed by atoms with van der Waals surface area (Å²) < 4.78 is 6.09. The average molecular weight is 231 g/mol. The number of para-hydroxylation sites is 1. The molecule has 1 amide bonds. The van der Waals surface area contributed by atoms with Gasteiger partial charge in [-0.2, -0.15) is 0 Å². The maximum atomic E-state index is 12.0. The maximum absolute atomic E-state index is 12.0. The van der Waals surface area contributed by atoms with E-state index in [0.717, 1.165) is 5.75 Å². The second-order valence-electron chi connectivity index (χ2n) is 5.25. The van der Waals surface area contributed by atoms with Crippen LogP contribution in [0.5, 0.6) is 5.75 Å². The number of rotatable bonds is 0. The van der Waals surface area contributed by atoms with Gasteiger partial charge in [-0.3, -0.25) is 4.79 Å². The van der Waals surface area contributed by atoms with Crippen LogP contribution in [0, 0.1) is 5.92 Å². The number of nitrogens with zero attached hydrogens (tertiary/aromatic N) is 1.